The molecule has 0 amide bonds. The van der Waals surface area contributed by atoms with E-state index >= 15 is 0 Å². The maximum Gasteiger partial charge on any atom is 0.292 e. The van der Waals surface area contributed by atoms with Gasteiger partial charge in [-0.05, 0) is 66.9 Å². The van der Waals surface area contributed by atoms with Gasteiger partial charge in [0.2, 0.25) is 15.6 Å². The largest absolute Gasteiger partial charge is 0.508 e. The van der Waals surface area contributed by atoms with Gasteiger partial charge in [-0.3, -0.25) is 4.79 Å². The molecule has 0 aliphatic carbocycles. The number of aromatic nitrogens is 1. The summed E-state index contributed by atoms with van der Waals surface area (Å²) in [6.45, 7) is 1.04. The Kier molecular flexibility index (Phi) is 7.24. The normalized spacial score (nSPS) is 12.4. The molecule has 0 saturated heterocycles. The van der Waals surface area contributed by atoms with Crippen LogP contribution in [0.15, 0.2) is 88.6 Å². The van der Waals surface area contributed by atoms with E-state index in [9.17, 15) is 31.5 Å². The van der Waals surface area contributed by atoms with Crippen LogP contribution in [0.3, 0.4) is 0 Å². The number of hydrogen-bond acceptors (Lipinski definition) is 4. The number of phenols is 1. The van der Waals surface area contributed by atoms with Crippen molar-refractivity contribution in [3.8, 4) is 5.75 Å². The molecule has 3 aromatic carbocycles. The minimum absolute atomic E-state index is 0.0588. The molecule has 192 valence electrons. The Labute approximate surface area is 211 Å². The van der Waals surface area contributed by atoms with Crippen LogP contribution in [0.5, 0.6) is 5.75 Å². The molecular formula is C27H23F3N2O4S. The highest BCUT2D eigenvalue weighted by Gasteiger charge is 2.30. The Morgan fingerprint density at radius 3 is 2.41 bits per heavy atom. The quantitative estimate of drug-likeness (QED) is 0.277. The first-order valence-electron chi connectivity index (χ1n) is 11.2. The summed E-state index contributed by atoms with van der Waals surface area (Å²) in [5.41, 5.74) is 0.482. The van der Waals surface area contributed by atoms with Crippen molar-refractivity contribution in [3.63, 3.8) is 0 Å². The third-order valence-electron chi connectivity index (χ3n) is 5.82. The topological polar surface area (TPSA) is 99.3 Å². The first-order valence-corrected chi connectivity index (χ1v) is 12.7. The van der Waals surface area contributed by atoms with E-state index in [1.807, 2.05) is 0 Å². The summed E-state index contributed by atoms with van der Waals surface area (Å²) in [5.74, 6) is -4.42. The molecule has 4 rings (SSSR count). The van der Waals surface area contributed by atoms with Crippen molar-refractivity contribution < 1.29 is 26.7 Å². The second-order valence-corrected chi connectivity index (χ2v) is 10.2. The lowest BCUT2D eigenvalue weighted by molar-refractivity contribution is 0.0535. The number of nitrogens with one attached hydrogen (secondary N) is 2. The SMILES string of the molecule is C/C=C/C(F)(F)c1cc(=O)[nH]c2ccc(Cc3ccc(S(=O)(=O)NCc4c(O)cccc4F)cc3)cc12. The number of halogens is 3. The number of pyridine rings is 1. The van der Waals surface area contributed by atoms with Crippen molar-refractivity contribution in [2.75, 3.05) is 0 Å². The minimum atomic E-state index is -3.99. The predicted molar refractivity (Wildman–Crippen MR) is 135 cm³/mol. The maximum atomic E-state index is 14.7. The van der Waals surface area contributed by atoms with E-state index in [0.29, 0.717) is 12.0 Å². The highest BCUT2D eigenvalue weighted by molar-refractivity contribution is 7.89. The Morgan fingerprint density at radius 2 is 1.73 bits per heavy atom. The van der Waals surface area contributed by atoms with Crippen molar-refractivity contribution in [2.45, 2.75) is 30.7 Å². The summed E-state index contributed by atoms with van der Waals surface area (Å²) < 4.78 is 70.7. The van der Waals surface area contributed by atoms with Crippen LogP contribution in [0, 0.1) is 5.82 Å². The fourth-order valence-electron chi connectivity index (χ4n) is 3.98. The highest BCUT2D eigenvalue weighted by atomic mass is 32.2. The molecule has 4 aromatic rings. The van der Waals surface area contributed by atoms with Crippen LogP contribution in [0.25, 0.3) is 10.9 Å². The van der Waals surface area contributed by atoms with Crippen molar-refractivity contribution >= 4 is 20.9 Å². The molecule has 0 aliphatic rings. The molecule has 0 radical (unpaired) electrons. The number of benzene rings is 3. The Balaban J connectivity index is 1.56. The van der Waals surface area contributed by atoms with E-state index in [1.54, 1.807) is 30.3 Å². The number of aromatic hydroxyl groups is 1. The lowest BCUT2D eigenvalue weighted by Gasteiger charge is -2.15. The fraction of sp³-hybridized carbons (Fsp3) is 0.148. The first-order chi connectivity index (χ1) is 17.5. The summed E-state index contributed by atoms with van der Waals surface area (Å²) in [6.07, 6.45) is 2.27. The number of rotatable bonds is 8. The number of phenolic OH excluding ortho intramolecular Hbond substituents is 1. The third-order valence-corrected chi connectivity index (χ3v) is 7.23. The van der Waals surface area contributed by atoms with Gasteiger partial charge in [0.15, 0.2) is 0 Å². The zero-order chi connectivity index (χ0) is 26.8. The van der Waals surface area contributed by atoms with Crippen molar-refractivity contribution in [1.29, 1.82) is 0 Å². The third kappa shape index (κ3) is 5.76. The number of H-pyrrole nitrogens is 1. The molecule has 10 heteroatoms. The zero-order valence-electron chi connectivity index (χ0n) is 19.6. The van der Waals surface area contributed by atoms with Crippen LogP contribution in [-0.4, -0.2) is 18.5 Å². The van der Waals surface area contributed by atoms with Gasteiger partial charge in [-0.15, -0.1) is 0 Å². The summed E-state index contributed by atoms with van der Waals surface area (Å²) >= 11 is 0. The number of fused-ring (bicyclic) bond motifs is 1. The van der Waals surface area contributed by atoms with Crippen LogP contribution < -0.4 is 10.3 Å². The molecule has 3 N–H and O–H groups in total. The molecule has 6 nitrogen and oxygen atoms in total. The number of sulfonamides is 1. The Bertz CT molecular complexity index is 1630. The van der Waals surface area contributed by atoms with Crippen molar-refractivity contribution in [3.05, 3.63) is 117 Å². The van der Waals surface area contributed by atoms with Gasteiger partial charge in [0.1, 0.15) is 11.6 Å². The van der Waals surface area contributed by atoms with Gasteiger partial charge < -0.3 is 10.1 Å². The molecule has 37 heavy (non-hydrogen) atoms. The second kappa shape index (κ2) is 10.2. The van der Waals surface area contributed by atoms with E-state index in [1.165, 1.54) is 37.3 Å². The molecule has 0 spiro atoms. The standard InChI is InChI=1S/C27H23F3N2O4S/c1-2-12-27(29,30)22-15-26(34)32-24-11-8-18(14-20(22)24)13-17-6-9-19(10-7-17)37(35,36)31-16-21-23(28)4-3-5-25(21)33/h2-12,14-15,31,33H,13,16H2,1H3,(H,32,34)/b12-2+. The molecule has 0 atom stereocenters. The van der Waals surface area contributed by atoms with E-state index < -0.39 is 39.4 Å². The first kappa shape index (κ1) is 26.2. The lowest BCUT2D eigenvalue weighted by atomic mass is 9.98. The molecule has 1 heterocycles. The lowest BCUT2D eigenvalue weighted by Crippen LogP contribution is -2.23. The Hall–Kier alpha value is -3.89. The summed E-state index contributed by atoms with van der Waals surface area (Å²) in [6, 6.07) is 15.3. The van der Waals surface area contributed by atoms with Crippen LogP contribution in [0.1, 0.15) is 29.2 Å². The highest BCUT2D eigenvalue weighted by Crippen LogP contribution is 2.34. The number of allylic oxidation sites excluding steroid dienone is 2. The smallest absolute Gasteiger partial charge is 0.292 e. The van der Waals surface area contributed by atoms with E-state index in [0.717, 1.165) is 23.8 Å². The summed E-state index contributed by atoms with van der Waals surface area (Å²) in [5, 5.41) is 9.97. The maximum absolute atomic E-state index is 14.7. The second-order valence-electron chi connectivity index (χ2n) is 8.43. The summed E-state index contributed by atoms with van der Waals surface area (Å²) in [7, 11) is -3.99. The predicted octanol–water partition coefficient (Wildman–Crippen LogP) is 5.11. The van der Waals surface area contributed by atoms with Gasteiger partial charge >= 0.3 is 0 Å². The van der Waals surface area contributed by atoms with E-state index in [4.69, 9.17) is 0 Å². The Morgan fingerprint density at radius 1 is 1.03 bits per heavy atom. The zero-order valence-corrected chi connectivity index (χ0v) is 20.5. The summed E-state index contributed by atoms with van der Waals surface area (Å²) in [4.78, 5) is 14.4. The fourth-order valence-corrected chi connectivity index (χ4v) is 4.98. The number of alkyl halides is 2. The van der Waals surface area contributed by atoms with Crippen LogP contribution in [0.4, 0.5) is 13.2 Å². The monoisotopic (exact) mass is 528 g/mol. The van der Waals surface area contributed by atoms with Gasteiger partial charge in [0.25, 0.3) is 5.92 Å². The molecule has 1 aromatic heterocycles. The van der Waals surface area contributed by atoms with Crippen LogP contribution in [-0.2, 0) is 28.9 Å². The molecule has 0 unspecified atom stereocenters. The van der Waals surface area contributed by atoms with Gasteiger partial charge in [-0.25, -0.2) is 17.5 Å². The van der Waals surface area contributed by atoms with Crippen LogP contribution in [0.2, 0.25) is 0 Å². The van der Waals surface area contributed by atoms with E-state index in [2.05, 4.69) is 9.71 Å². The van der Waals surface area contributed by atoms with Gasteiger partial charge in [0.05, 0.1) is 4.90 Å². The van der Waals surface area contributed by atoms with Gasteiger partial charge in [0, 0.05) is 34.6 Å². The molecule has 0 fully saturated rings. The molecule has 0 saturated carbocycles. The molecule has 0 bridgehead atoms. The van der Waals surface area contributed by atoms with E-state index in [-0.39, 0.29) is 27.1 Å². The van der Waals surface area contributed by atoms with Gasteiger partial charge in [-0.2, -0.15) is 8.78 Å². The van der Waals surface area contributed by atoms with Crippen molar-refractivity contribution in [1.82, 2.24) is 9.71 Å². The molecule has 0 aliphatic heterocycles. The number of aromatic amines is 1. The average molecular weight is 529 g/mol. The minimum Gasteiger partial charge on any atom is -0.508 e. The van der Waals surface area contributed by atoms with Crippen LogP contribution >= 0.6 is 0 Å². The van der Waals surface area contributed by atoms with Crippen molar-refractivity contribution in [2.24, 2.45) is 0 Å². The number of hydrogen-bond donors (Lipinski definition) is 3. The van der Waals surface area contributed by atoms with Gasteiger partial charge in [-0.1, -0.05) is 30.3 Å². The molecular weight excluding hydrogens is 505 g/mol. The average Bonchev–Trinajstić information content (AvgIpc) is 2.84.